The first-order valence-corrected chi connectivity index (χ1v) is 10.3. The maximum atomic E-state index is 13.1. The van der Waals surface area contributed by atoms with Crippen LogP contribution in [-0.4, -0.2) is 46.2 Å². The van der Waals surface area contributed by atoms with E-state index in [1.54, 1.807) is 38.1 Å². The number of hydrogen-bond donors (Lipinski definition) is 5. The number of nitrogens with zero attached hydrogens (tertiary/aromatic N) is 1. The number of nitriles is 1. The zero-order valence-corrected chi connectivity index (χ0v) is 18.6. The van der Waals surface area contributed by atoms with Crippen molar-refractivity contribution in [2.75, 3.05) is 6.54 Å². The van der Waals surface area contributed by atoms with Crippen LogP contribution in [0.25, 0.3) is 0 Å². The molecule has 3 amide bonds. The standard InChI is InChI=1S/C21H29ClN4O5/c1-13(2)12-21(30,14(3)18(27)26-31)20(29)25-17(19(28)24-10-4-9-23)11-15-5-7-16(22)8-6-15/h5-8,13-14,17,30-31H,4,10-12H2,1-3H3,(H,24,28)(H,25,29)(H,26,27). The average molecular weight is 453 g/mol. The van der Waals surface area contributed by atoms with Gasteiger partial charge in [-0.05, 0) is 30.0 Å². The first kappa shape index (κ1) is 26.4. The minimum atomic E-state index is -2.16. The molecule has 0 aromatic heterocycles. The van der Waals surface area contributed by atoms with E-state index in [2.05, 4.69) is 10.6 Å². The van der Waals surface area contributed by atoms with E-state index < -0.39 is 35.3 Å². The van der Waals surface area contributed by atoms with Crippen LogP contribution in [0.3, 0.4) is 0 Å². The maximum absolute atomic E-state index is 13.1. The van der Waals surface area contributed by atoms with Gasteiger partial charge in [0, 0.05) is 18.0 Å². The smallest absolute Gasteiger partial charge is 0.253 e. The van der Waals surface area contributed by atoms with Crippen LogP contribution < -0.4 is 16.1 Å². The van der Waals surface area contributed by atoms with Gasteiger partial charge in [-0.1, -0.05) is 44.5 Å². The first-order valence-electron chi connectivity index (χ1n) is 9.91. The molecule has 0 radical (unpaired) electrons. The summed E-state index contributed by atoms with van der Waals surface area (Å²) >= 11 is 5.90. The Kier molecular flexibility index (Phi) is 10.4. The van der Waals surface area contributed by atoms with E-state index >= 15 is 0 Å². The van der Waals surface area contributed by atoms with Gasteiger partial charge in [0.1, 0.15) is 6.04 Å². The van der Waals surface area contributed by atoms with Crippen molar-refractivity contribution in [1.29, 1.82) is 5.26 Å². The normalized spacial score (nSPS) is 14.6. The van der Waals surface area contributed by atoms with Crippen molar-refractivity contribution in [3.63, 3.8) is 0 Å². The molecule has 5 N–H and O–H groups in total. The SMILES string of the molecule is CC(C)CC(O)(C(=O)NC(Cc1ccc(Cl)cc1)C(=O)NCCC#N)C(C)C(=O)NO. The molecule has 10 heteroatoms. The number of nitrogens with one attached hydrogen (secondary N) is 3. The van der Waals surface area contributed by atoms with E-state index in [1.165, 1.54) is 12.4 Å². The zero-order valence-electron chi connectivity index (χ0n) is 17.8. The van der Waals surface area contributed by atoms with E-state index in [0.29, 0.717) is 10.6 Å². The van der Waals surface area contributed by atoms with Crippen LogP contribution in [0.4, 0.5) is 0 Å². The lowest BCUT2D eigenvalue weighted by atomic mass is 9.80. The number of aliphatic hydroxyl groups is 1. The molecule has 0 aliphatic rings. The van der Waals surface area contributed by atoms with Gasteiger partial charge in [0.2, 0.25) is 11.8 Å². The third-order valence-electron chi connectivity index (χ3n) is 4.84. The van der Waals surface area contributed by atoms with E-state index in [4.69, 9.17) is 22.1 Å². The van der Waals surface area contributed by atoms with Gasteiger partial charge < -0.3 is 15.7 Å². The number of carbonyl (C=O) groups excluding carboxylic acids is 3. The molecule has 1 aromatic carbocycles. The molecule has 0 aliphatic carbocycles. The van der Waals surface area contributed by atoms with E-state index in [1.807, 2.05) is 6.07 Å². The van der Waals surface area contributed by atoms with Crippen LogP contribution >= 0.6 is 11.6 Å². The Hall–Kier alpha value is -2.67. The van der Waals surface area contributed by atoms with Gasteiger partial charge in [-0.25, -0.2) is 5.48 Å². The highest BCUT2D eigenvalue weighted by molar-refractivity contribution is 6.30. The molecule has 0 aliphatic heterocycles. The van der Waals surface area contributed by atoms with Crippen molar-refractivity contribution in [1.82, 2.24) is 16.1 Å². The molecular formula is C21H29ClN4O5. The van der Waals surface area contributed by atoms with Crippen LogP contribution in [0.5, 0.6) is 0 Å². The van der Waals surface area contributed by atoms with Gasteiger partial charge in [-0.15, -0.1) is 0 Å². The Labute approximate surface area is 186 Å². The number of carbonyl (C=O) groups is 3. The highest BCUT2D eigenvalue weighted by atomic mass is 35.5. The Bertz CT molecular complexity index is 809. The van der Waals surface area contributed by atoms with Gasteiger partial charge in [0.05, 0.1) is 18.4 Å². The lowest BCUT2D eigenvalue weighted by molar-refractivity contribution is -0.159. The van der Waals surface area contributed by atoms with Crippen molar-refractivity contribution < 1.29 is 24.7 Å². The Morgan fingerprint density at radius 2 is 1.77 bits per heavy atom. The molecule has 0 spiro atoms. The van der Waals surface area contributed by atoms with Crippen LogP contribution in [0.15, 0.2) is 24.3 Å². The lowest BCUT2D eigenvalue weighted by Gasteiger charge is -2.34. The second kappa shape index (κ2) is 12.2. The average Bonchev–Trinajstić information content (AvgIpc) is 2.72. The fraction of sp³-hybridized carbons (Fsp3) is 0.524. The molecule has 3 atom stereocenters. The monoisotopic (exact) mass is 452 g/mol. The van der Waals surface area contributed by atoms with E-state index in [-0.39, 0.29) is 31.7 Å². The largest absolute Gasteiger partial charge is 0.379 e. The molecule has 1 rings (SSSR count). The van der Waals surface area contributed by atoms with Gasteiger partial charge in [0.15, 0.2) is 5.60 Å². The molecule has 0 heterocycles. The molecule has 1 aromatic rings. The third-order valence-corrected chi connectivity index (χ3v) is 5.10. The Morgan fingerprint density at radius 1 is 1.16 bits per heavy atom. The van der Waals surface area contributed by atoms with E-state index in [0.717, 1.165) is 0 Å². The zero-order chi connectivity index (χ0) is 23.6. The minimum Gasteiger partial charge on any atom is -0.379 e. The molecule has 9 nitrogen and oxygen atoms in total. The summed E-state index contributed by atoms with van der Waals surface area (Å²) in [7, 11) is 0. The van der Waals surface area contributed by atoms with Gasteiger partial charge in [0.25, 0.3) is 5.91 Å². The number of hydroxylamine groups is 1. The predicted octanol–water partition coefficient (Wildman–Crippen LogP) is 1.32. The van der Waals surface area contributed by atoms with Crippen molar-refractivity contribution in [2.24, 2.45) is 11.8 Å². The van der Waals surface area contributed by atoms with Gasteiger partial charge >= 0.3 is 0 Å². The van der Waals surface area contributed by atoms with Crippen molar-refractivity contribution in [3.05, 3.63) is 34.9 Å². The second-order valence-corrected chi connectivity index (χ2v) is 8.21. The van der Waals surface area contributed by atoms with Crippen LogP contribution in [0, 0.1) is 23.2 Å². The summed E-state index contributed by atoms with van der Waals surface area (Å²) in [6.45, 7) is 4.94. The van der Waals surface area contributed by atoms with E-state index in [9.17, 15) is 19.5 Å². The number of halogens is 1. The van der Waals surface area contributed by atoms with Gasteiger partial charge in [-0.3, -0.25) is 19.6 Å². The second-order valence-electron chi connectivity index (χ2n) is 7.78. The topological polar surface area (TPSA) is 152 Å². The van der Waals surface area contributed by atoms with Gasteiger partial charge in [-0.2, -0.15) is 5.26 Å². The summed E-state index contributed by atoms with van der Waals surface area (Å²) in [5.74, 6) is -3.82. The predicted molar refractivity (Wildman–Crippen MR) is 114 cm³/mol. The highest BCUT2D eigenvalue weighted by Gasteiger charge is 2.46. The number of hydrogen-bond acceptors (Lipinski definition) is 6. The molecular weight excluding hydrogens is 424 g/mol. The van der Waals surface area contributed by atoms with Crippen molar-refractivity contribution >= 4 is 29.3 Å². The third kappa shape index (κ3) is 7.83. The highest BCUT2D eigenvalue weighted by Crippen LogP contribution is 2.27. The lowest BCUT2D eigenvalue weighted by Crippen LogP contribution is -2.60. The Balaban J connectivity index is 3.15. The summed E-state index contributed by atoms with van der Waals surface area (Å²) in [5.41, 5.74) is -0.000695. The molecule has 0 bridgehead atoms. The quantitative estimate of drug-likeness (QED) is 0.194. The summed E-state index contributed by atoms with van der Waals surface area (Å²) in [5, 5.41) is 34.3. The fourth-order valence-corrected chi connectivity index (χ4v) is 3.24. The molecule has 31 heavy (non-hydrogen) atoms. The number of rotatable bonds is 11. The maximum Gasteiger partial charge on any atom is 0.253 e. The Morgan fingerprint density at radius 3 is 2.29 bits per heavy atom. The first-order chi connectivity index (χ1) is 14.5. The number of benzene rings is 1. The van der Waals surface area contributed by atoms with Crippen molar-refractivity contribution in [2.45, 2.75) is 51.7 Å². The molecule has 0 fully saturated rings. The summed E-state index contributed by atoms with van der Waals surface area (Å²) < 4.78 is 0. The molecule has 3 unspecified atom stereocenters. The summed E-state index contributed by atoms with van der Waals surface area (Å²) in [6.07, 6.45) is 0.120. The summed E-state index contributed by atoms with van der Waals surface area (Å²) in [4.78, 5) is 37.7. The molecule has 170 valence electrons. The summed E-state index contributed by atoms with van der Waals surface area (Å²) in [6, 6.07) is 7.53. The molecule has 0 saturated carbocycles. The fourth-order valence-electron chi connectivity index (χ4n) is 3.12. The van der Waals surface area contributed by atoms with Crippen LogP contribution in [0.1, 0.15) is 39.2 Å². The van der Waals surface area contributed by atoms with Crippen LogP contribution in [-0.2, 0) is 20.8 Å². The van der Waals surface area contributed by atoms with Crippen molar-refractivity contribution in [3.8, 4) is 6.07 Å². The molecule has 0 saturated heterocycles. The minimum absolute atomic E-state index is 0.0723. The number of amides is 3. The van der Waals surface area contributed by atoms with Crippen LogP contribution in [0.2, 0.25) is 5.02 Å².